The molecular formula is C21H14Cl2N4O3. The van der Waals surface area contributed by atoms with Gasteiger partial charge in [0, 0.05) is 26.7 Å². The average Bonchev–Trinajstić information content (AvgIpc) is 2.72. The summed E-state index contributed by atoms with van der Waals surface area (Å²) in [5.74, 6) is 0.416. The van der Waals surface area contributed by atoms with Crippen molar-refractivity contribution in [2.24, 2.45) is 0 Å². The van der Waals surface area contributed by atoms with Gasteiger partial charge in [0.1, 0.15) is 35.7 Å². The lowest BCUT2D eigenvalue weighted by Crippen LogP contribution is -2.16. The van der Waals surface area contributed by atoms with Gasteiger partial charge in [-0.3, -0.25) is 4.79 Å². The minimum atomic E-state index is -0.710. The van der Waals surface area contributed by atoms with Crippen molar-refractivity contribution in [3.05, 3.63) is 73.5 Å². The summed E-state index contributed by atoms with van der Waals surface area (Å²) < 4.78 is 11.4. The standard InChI is InChI=1S/C21H14Cl2N4O3/c1-29-17-4-2-3-13(18-14(8-24)20(26)27-21(28)15(18)9-25)19(17)30-10-11-5-6-12(22)7-16(11)23/h2-7H,10H2,1H3,(H3,26,27,28). The predicted molar refractivity (Wildman–Crippen MR) is 114 cm³/mol. The summed E-state index contributed by atoms with van der Waals surface area (Å²) in [5, 5.41) is 20.0. The number of nitrogen functional groups attached to an aromatic ring is 1. The number of methoxy groups -OCH3 is 1. The van der Waals surface area contributed by atoms with Crippen LogP contribution < -0.4 is 20.8 Å². The number of anilines is 1. The number of hydrogen-bond donors (Lipinski definition) is 2. The number of nitriles is 2. The monoisotopic (exact) mass is 440 g/mol. The van der Waals surface area contributed by atoms with E-state index in [4.69, 9.17) is 38.4 Å². The third-order valence-electron chi connectivity index (χ3n) is 4.32. The topological polar surface area (TPSA) is 125 Å². The number of nitrogens with zero attached hydrogens (tertiary/aromatic N) is 2. The van der Waals surface area contributed by atoms with Crippen molar-refractivity contribution in [1.82, 2.24) is 4.98 Å². The van der Waals surface area contributed by atoms with Crippen molar-refractivity contribution in [3.8, 4) is 34.8 Å². The fraction of sp³-hybridized carbons (Fsp3) is 0.0952. The van der Waals surface area contributed by atoms with E-state index in [2.05, 4.69) is 4.98 Å². The Morgan fingerprint density at radius 1 is 1.13 bits per heavy atom. The van der Waals surface area contributed by atoms with Gasteiger partial charge in [-0.2, -0.15) is 10.5 Å². The molecule has 0 aliphatic heterocycles. The molecule has 1 heterocycles. The lowest BCUT2D eigenvalue weighted by molar-refractivity contribution is 0.286. The van der Waals surface area contributed by atoms with E-state index in [-0.39, 0.29) is 34.9 Å². The molecule has 1 aromatic heterocycles. The third-order valence-corrected chi connectivity index (χ3v) is 4.91. The largest absolute Gasteiger partial charge is 0.493 e. The van der Waals surface area contributed by atoms with Crippen LogP contribution in [0.2, 0.25) is 10.0 Å². The van der Waals surface area contributed by atoms with Crippen molar-refractivity contribution >= 4 is 29.0 Å². The Morgan fingerprint density at radius 3 is 2.50 bits per heavy atom. The number of aromatic amines is 1. The molecule has 0 unspecified atom stereocenters. The number of ether oxygens (including phenoxy) is 2. The molecule has 0 amide bonds. The van der Waals surface area contributed by atoms with Gasteiger partial charge in [-0.05, 0) is 18.2 Å². The van der Waals surface area contributed by atoms with Crippen molar-refractivity contribution < 1.29 is 9.47 Å². The van der Waals surface area contributed by atoms with Gasteiger partial charge in [0.05, 0.1) is 7.11 Å². The molecule has 0 aliphatic rings. The van der Waals surface area contributed by atoms with Crippen LogP contribution in [-0.2, 0) is 6.61 Å². The van der Waals surface area contributed by atoms with Gasteiger partial charge in [-0.25, -0.2) is 0 Å². The van der Waals surface area contributed by atoms with Crippen molar-refractivity contribution in [2.45, 2.75) is 6.61 Å². The van der Waals surface area contributed by atoms with Crippen LogP contribution in [0.5, 0.6) is 11.5 Å². The van der Waals surface area contributed by atoms with Crippen LogP contribution in [0.4, 0.5) is 5.82 Å². The molecule has 0 saturated carbocycles. The van der Waals surface area contributed by atoms with Crippen molar-refractivity contribution in [1.29, 1.82) is 10.5 Å². The zero-order valence-electron chi connectivity index (χ0n) is 15.6. The van der Waals surface area contributed by atoms with Crippen LogP contribution in [0.15, 0.2) is 41.2 Å². The molecule has 0 fully saturated rings. The first-order valence-electron chi connectivity index (χ1n) is 8.51. The fourth-order valence-corrected chi connectivity index (χ4v) is 3.39. The Morgan fingerprint density at radius 2 is 1.87 bits per heavy atom. The molecule has 3 N–H and O–H groups in total. The highest BCUT2D eigenvalue weighted by Gasteiger charge is 2.23. The molecule has 30 heavy (non-hydrogen) atoms. The molecule has 9 heteroatoms. The van der Waals surface area contributed by atoms with Gasteiger partial charge < -0.3 is 20.2 Å². The van der Waals surface area contributed by atoms with E-state index in [1.54, 1.807) is 36.4 Å². The first-order chi connectivity index (χ1) is 14.4. The molecule has 7 nitrogen and oxygen atoms in total. The van der Waals surface area contributed by atoms with E-state index in [0.717, 1.165) is 0 Å². The molecular weight excluding hydrogens is 427 g/mol. The van der Waals surface area contributed by atoms with Crippen LogP contribution in [0.25, 0.3) is 11.1 Å². The number of H-pyrrole nitrogens is 1. The van der Waals surface area contributed by atoms with Gasteiger partial charge in [0.2, 0.25) is 0 Å². The van der Waals surface area contributed by atoms with Gasteiger partial charge >= 0.3 is 0 Å². The number of aromatic nitrogens is 1. The van der Waals surface area contributed by atoms with Gasteiger partial charge in [-0.1, -0.05) is 41.4 Å². The normalized spacial score (nSPS) is 10.2. The summed E-state index contributed by atoms with van der Waals surface area (Å²) in [7, 11) is 1.45. The number of nitrogens with two attached hydrogens (primary N) is 1. The highest BCUT2D eigenvalue weighted by molar-refractivity contribution is 6.35. The van der Waals surface area contributed by atoms with E-state index in [9.17, 15) is 15.3 Å². The van der Waals surface area contributed by atoms with Crippen LogP contribution in [-0.4, -0.2) is 12.1 Å². The molecule has 150 valence electrons. The van der Waals surface area contributed by atoms with Crippen LogP contribution in [0.1, 0.15) is 16.7 Å². The van der Waals surface area contributed by atoms with Gasteiger partial charge in [-0.15, -0.1) is 0 Å². The zero-order chi connectivity index (χ0) is 21.8. The minimum Gasteiger partial charge on any atom is -0.493 e. The quantitative estimate of drug-likeness (QED) is 0.610. The molecule has 0 bridgehead atoms. The number of benzene rings is 2. The Labute approximate surface area is 181 Å². The van der Waals surface area contributed by atoms with E-state index in [1.165, 1.54) is 7.11 Å². The van der Waals surface area contributed by atoms with Crippen molar-refractivity contribution in [2.75, 3.05) is 12.8 Å². The zero-order valence-corrected chi connectivity index (χ0v) is 17.1. The molecule has 0 atom stereocenters. The Kier molecular flexibility index (Phi) is 6.17. The van der Waals surface area contributed by atoms with Crippen molar-refractivity contribution in [3.63, 3.8) is 0 Å². The molecule has 0 radical (unpaired) electrons. The number of nitrogens with one attached hydrogen (secondary N) is 1. The van der Waals surface area contributed by atoms with E-state index in [0.29, 0.717) is 26.9 Å². The van der Waals surface area contributed by atoms with Gasteiger partial charge in [0.15, 0.2) is 11.5 Å². The number of rotatable bonds is 5. The summed E-state index contributed by atoms with van der Waals surface area (Å²) in [6.45, 7) is 0.0474. The summed E-state index contributed by atoms with van der Waals surface area (Å²) >= 11 is 12.2. The number of halogens is 2. The number of hydrogen-bond acceptors (Lipinski definition) is 6. The first-order valence-corrected chi connectivity index (χ1v) is 9.26. The first kappa shape index (κ1) is 21.1. The molecule has 3 aromatic rings. The average molecular weight is 441 g/mol. The number of para-hydroxylation sites is 1. The summed E-state index contributed by atoms with van der Waals surface area (Å²) in [5.41, 5.74) is 5.84. The summed E-state index contributed by atoms with van der Waals surface area (Å²) in [6, 6.07) is 13.7. The fourth-order valence-electron chi connectivity index (χ4n) is 2.92. The Balaban J connectivity index is 2.21. The molecule has 0 aliphatic carbocycles. The highest BCUT2D eigenvalue weighted by atomic mass is 35.5. The maximum absolute atomic E-state index is 12.3. The van der Waals surface area contributed by atoms with E-state index < -0.39 is 5.56 Å². The SMILES string of the molecule is COc1cccc(-c2c(C#N)c(N)[nH]c(=O)c2C#N)c1OCc1ccc(Cl)cc1Cl. The summed E-state index contributed by atoms with van der Waals surface area (Å²) in [4.78, 5) is 14.6. The Bertz CT molecular complexity index is 1270. The lowest BCUT2D eigenvalue weighted by atomic mass is 9.95. The highest BCUT2D eigenvalue weighted by Crippen LogP contribution is 2.41. The maximum Gasteiger partial charge on any atom is 0.268 e. The second-order valence-electron chi connectivity index (χ2n) is 6.08. The van der Waals surface area contributed by atoms with Gasteiger partial charge in [0.25, 0.3) is 5.56 Å². The van der Waals surface area contributed by atoms with Crippen LogP contribution in [0.3, 0.4) is 0 Å². The predicted octanol–water partition coefficient (Wildman–Crippen LogP) is 4.26. The molecule has 0 saturated heterocycles. The minimum absolute atomic E-state index is 0.0474. The van der Waals surface area contributed by atoms with E-state index >= 15 is 0 Å². The molecule has 0 spiro atoms. The van der Waals surface area contributed by atoms with E-state index in [1.807, 2.05) is 12.1 Å². The number of pyridine rings is 1. The third kappa shape index (κ3) is 3.90. The van der Waals surface area contributed by atoms with Crippen LogP contribution in [0, 0.1) is 22.7 Å². The lowest BCUT2D eigenvalue weighted by Gasteiger charge is -2.17. The molecule has 3 rings (SSSR count). The smallest absolute Gasteiger partial charge is 0.268 e. The summed E-state index contributed by atoms with van der Waals surface area (Å²) in [6.07, 6.45) is 0. The van der Waals surface area contributed by atoms with Crippen LogP contribution >= 0.6 is 23.2 Å². The second kappa shape index (κ2) is 8.79. The second-order valence-corrected chi connectivity index (χ2v) is 6.92. The molecule has 2 aromatic carbocycles. The maximum atomic E-state index is 12.3. The Hall–Kier alpha value is -3.65.